The lowest BCUT2D eigenvalue weighted by atomic mass is 9.71. The standard InChI is InChI=1S/C30H52O6/c1-29(2,27(33)34)19-7-5-11-21-13-9-15-23(25(21)31)17-18-24-16-10-14-22(26(24)32)12-6-8-20-30(3,4)28(35)36/h21-25,31H,5-20H2,1-4H3,(H,33,34)(H,35,36). The number of hydrogen-bond donors (Lipinski definition) is 3. The van der Waals surface area contributed by atoms with Crippen LogP contribution < -0.4 is 0 Å². The van der Waals surface area contributed by atoms with E-state index < -0.39 is 22.8 Å². The molecule has 0 aromatic rings. The first-order valence-electron chi connectivity index (χ1n) is 14.5. The molecule has 2 fully saturated rings. The summed E-state index contributed by atoms with van der Waals surface area (Å²) < 4.78 is 0. The number of hydrogen-bond acceptors (Lipinski definition) is 4. The lowest BCUT2D eigenvalue weighted by Gasteiger charge is -2.36. The summed E-state index contributed by atoms with van der Waals surface area (Å²) in [4.78, 5) is 35.7. The van der Waals surface area contributed by atoms with Crippen LogP contribution in [-0.4, -0.2) is 39.1 Å². The quantitative estimate of drug-likeness (QED) is 0.208. The van der Waals surface area contributed by atoms with Crippen LogP contribution in [0.4, 0.5) is 0 Å². The summed E-state index contributed by atoms with van der Waals surface area (Å²) in [6.07, 6.45) is 14.4. The van der Waals surface area contributed by atoms with Gasteiger partial charge in [-0.1, -0.05) is 38.5 Å². The van der Waals surface area contributed by atoms with Crippen molar-refractivity contribution in [3.05, 3.63) is 0 Å². The first-order valence-corrected chi connectivity index (χ1v) is 14.5. The van der Waals surface area contributed by atoms with Crippen LogP contribution in [0.15, 0.2) is 0 Å². The van der Waals surface area contributed by atoms with Gasteiger partial charge < -0.3 is 15.3 Å². The molecule has 0 bridgehead atoms. The van der Waals surface area contributed by atoms with Gasteiger partial charge in [-0.15, -0.1) is 0 Å². The number of ketones is 1. The van der Waals surface area contributed by atoms with Crippen molar-refractivity contribution in [2.75, 3.05) is 0 Å². The van der Waals surface area contributed by atoms with Crippen LogP contribution in [0.3, 0.4) is 0 Å². The molecule has 2 aliphatic rings. The van der Waals surface area contributed by atoms with E-state index in [0.29, 0.717) is 24.5 Å². The first-order chi connectivity index (χ1) is 16.8. The Morgan fingerprint density at radius 2 is 1.14 bits per heavy atom. The molecule has 0 aromatic heterocycles. The lowest BCUT2D eigenvalue weighted by Crippen LogP contribution is -2.35. The number of aliphatic hydroxyl groups excluding tert-OH is 1. The fourth-order valence-electron chi connectivity index (χ4n) is 6.36. The normalized spacial score (nSPS) is 27.7. The van der Waals surface area contributed by atoms with E-state index in [4.69, 9.17) is 0 Å². The minimum Gasteiger partial charge on any atom is -0.481 e. The van der Waals surface area contributed by atoms with Crippen LogP contribution in [0.2, 0.25) is 0 Å². The predicted molar refractivity (Wildman–Crippen MR) is 142 cm³/mol. The van der Waals surface area contributed by atoms with Gasteiger partial charge in [0, 0.05) is 11.8 Å². The number of aliphatic carboxylic acids is 2. The van der Waals surface area contributed by atoms with E-state index in [9.17, 15) is 29.7 Å². The third-order valence-corrected chi connectivity index (χ3v) is 9.30. The first kappa shape index (κ1) is 30.8. The number of carbonyl (C=O) groups excluding carboxylic acids is 1. The van der Waals surface area contributed by atoms with Crippen LogP contribution in [0, 0.1) is 34.5 Å². The molecule has 6 nitrogen and oxygen atoms in total. The minimum absolute atomic E-state index is 0.116. The Labute approximate surface area is 218 Å². The summed E-state index contributed by atoms with van der Waals surface area (Å²) in [5.41, 5.74) is -1.39. The fourth-order valence-corrected chi connectivity index (χ4v) is 6.36. The molecule has 2 rings (SSSR count). The fraction of sp³-hybridized carbons (Fsp3) is 0.900. The van der Waals surface area contributed by atoms with Crippen molar-refractivity contribution in [1.82, 2.24) is 0 Å². The van der Waals surface area contributed by atoms with Gasteiger partial charge >= 0.3 is 11.9 Å². The highest BCUT2D eigenvalue weighted by Gasteiger charge is 2.35. The van der Waals surface area contributed by atoms with Crippen LogP contribution in [-0.2, 0) is 14.4 Å². The van der Waals surface area contributed by atoms with E-state index in [-0.39, 0.29) is 23.9 Å². The maximum atomic E-state index is 13.1. The van der Waals surface area contributed by atoms with Gasteiger partial charge in [-0.25, -0.2) is 0 Å². The molecule has 0 aliphatic heterocycles. The van der Waals surface area contributed by atoms with Gasteiger partial charge in [0.15, 0.2) is 0 Å². The zero-order chi connectivity index (χ0) is 26.9. The molecule has 0 spiro atoms. The Kier molecular flexibility index (Phi) is 11.9. The highest BCUT2D eigenvalue weighted by atomic mass is 16.4. The number of unbranched alkanes of at least 4 members (excludes halogenated alkanes) is 2. The maximum Gasteiger partial charge on any atom is 0.309 e. The molecule has 0 heterocycles. The summed E-state index contributed by atoms with van der Waals surface area (Å²) in [6.45, 7) is 7.08. The number of aliphatic hydroxyl groups is 1. The van der Waals surface area contributed by atoms with E-state index >= 15 is 0 Å². The summed E-state index contributed by atoms with van der Waals surface area (Å²) >= 11 is 0. The van der Waals surface area contributed by atoms with E-state index in [1.165, 1.54) is 0 Å². The number of carbonyl (C=O) groups is 3. The Bertz CT molecular complexity index is 727. The second kappa shape index (κ2) is 13.9. The Balaban J connectivity index is 1.73. The molecule has 0 saturated heterocycles. The van der Waals surface area contributed by atoms with Crippen molar-refractivity contribution in [2.24, 2.45) is 34.5 Å². The smallest absolute Gasteiger partial charge is 0.309 e. The van der Waals surface area contributed by atoms with Crippen molar-refractivity contribution >= 4 is 17.7 Å². The summed E-state index contributed by atoms with van der Waals surface area (Å²) in [5, 5.41) is 29.6. The van der Waals surface area contributed by atoms with E-state index in [2.05, 4.69) is 0 Å². The van der Waals surface area contributed by atoms with Crippen LogP contribution >= 0.6 is 0 Å². The van der Waals surface area contributed by atoms with Gasteiger partial charge in [-0.3, -0.25) is 14.4 Å². The van der Waals surface area contributed by atoms with E-state index in [1.54, 1.807) is 27.7 Å². The average Bonchev–Trinajstić information content (AvgIpc) is 2.81. The molecular weight excluding hydrogens is 456 g/mol. The van der Waals surface area contributed by atoms with Gasteiger partial charge in [-0.2, -0.15) is 0 Å². The van der Waals surface area contributed by atoms with Crippen molar-refractivity contribution in [2.45, 2.75) is 137 Å². The number of carboxylic acids is 2. The molecule has 0 amide bonds. The predicted octanol–water partition coefficient (Wildman–Crippen LogP) is 6.87. The number of rotatable bonds is 15. The van der Waals surface area contributed by atoms with Crippen molar-refractivity contribution in [1.29, 1.82) is 0 Å². The second-order valence-corrected chi connectivity index (χ2v) is 13.1. The van der Waals surface area contributed by atoms with Crippen LogP contribution in [0.5, 0.6) is 0 Å². The third-order valence-electron chi connectivity index (χ3n) is 9.30. The van der Waals surface area contributed by atoms with Gasteiger partial charge in [0.25, 0.3) is 0 Å². The van der Waals surface area contributed by atoms with Gasteiger partial charge in [-0.05, 0) is 104 Å². The molecule has 5 unspecified atom stereocenters. The molecule has 2 saturated carbocycles. The molecule has 36 heavy (non-hydrogen) atoms. The molecule has 0 aromatic carbocycles. The van der Waals surface area contributed by atoms with E-state index in [1.807, 2.05) is 0 Å². The monoisotopic (exact) mass is 508 g/mol. The van der Waals surface area contributed by atoms with Crippen molar-refractivity contribution in [3.8, 4) is 0 Å². The molecular formula is C30H52O6. The van der Waals surface area contributed by atoms with Crippen molar-refractivity contribution in [3.63, 3.8) is 0 Å². The minimum atomic E-state index is -0.759. The maximum absolute atomic E-state index is 13.1. The molecule has 5 atom stereocenters. The summed E-state index contributed by atoms with van der Waals surface area (Å²) in [6, 6.07) is 0. The Hall–Kier alpha value is -1.43. The van der Waals surface area contributed by atoms with Crippen molar-refractivity contribution < 1.29 is 29.7 Å². The zero-order valence-electron chi connectivity index (χ0n) is 23.3. The molecule has 3 N–H and O–H groups in total. The largest absolute Gasteiger partial charge is 0.481 e. The van der Waals surface area contributed by atoms with Gasteiger partial charge in [0.05, 0.1) is 16.9 Å². The van der Waals surface area contributed by atoms with Crippen LogP contribution in [0.25, 0.3) is 0 Å². The summed E-state index contributed by atoms with van der Waals surface area (Å²) in [5.74, 6) is -0.304. The molecule has 0 radical (unpaired) electrons. The molecule has 2 aliphatic carbocycles. The Morgan fingerprint density at radius 1 is 0.694 bits per heavy atom. The zero-order valence-corrected chi connectivity index (χ0v) is 23.3. The Morgan fingerprint density at radius 3 is 1.67 bits per heavy atom. The SMILES string of the molecule is CC(C)(CCCCC1CCCC(CCC2CCCC(CCCCC(C)(C)C(=O)O)C2O)C1=O)C(=O)O. The topological polar surface area (TPSA) is 112 Å². The van der Waals surface area contributed by atoms with Gasteiger partial charge in [0.1, 0.15) is 5.78 Å². The second-order valence-electron chi connectivity index (χ2n) is 13.1. The lowest BCUT2D eigenvalue weighted by molar-refractivity contribution is -0.148. The van der Waals surface area contributed by atoms with Crippen LogP contribution in [0.1, 0.15) is 130 Å². The molecule has 6 heteroatoms. The van der Waals surface area contributed by atoms with Gasteiger partial charge in [0.2, 0.25) is 0 Å². The highest BCUT2D eigenvalue weighted by Crippen LogP contribution is 2.39. The summed E-state index contributed by atoms with van der Waals surface area (Å²) in [7, 11) is 0. The average molecular weight is 509 g/mol. The highest BCUT2D eigenvalue weighted by molar-refractivity contribution is 5.84. The molecule has 208 valence electrons. The third kappa shape index (κ3) is 9.15. The van der Waals surface area contributed by atoms with E-state index in [0.717, 1.165) is 89.9 Å². The number of Topliss-reactive ketones (excluding diaryl/α,β-unsaturated/α-hetero) is 1. The number of carboxylic acid groups (broad SMARTS) is 2.